The Hall–Kier alpha value is -1.38. The van der Waals surface area contributed by atoms with Gasteiger partial charge in [-0.05, 0) is 42.2 Å². The van der Waals surface area contributed by atoms with Crippen LogP contribution in [0.25, 0.3) is 10.8 Å². The molecule has 2 nitrogen and oxygen atoms in total. The van der Waals surface area contributed by atoms with Crippen LogP contribution >= 0.6 is 0 Å². The van der Waals surface area contributed by atoms with Gasteiger partial charge in [0.1, 0.15) is 0 Å². The zero-order valence-corrected chi connectivity index (χ0v) is 12.2. The second kappa shape index (κ2) is 5.55. The highest BCUT2D eigenvalue weighted by Crippen LogP contribution is 2.39. The molecular formula is C18H23NO. The molecule has 0 bridgehead atoms. The molecule has 1 aliphatic rings. The Morgan fingerprint density at radius 3 is 2.55 bits per heavy atom. The standard InChI is InChI=1S/C18H23NO/c1-14-3-5-17-10-15(4-6-16(17)9-14)11-19-12-18(13-20)7-2-8-18/h3-6,9-10,19-20H,2,7-8,11-13H2,1H3. The molecule has 0 unspecified atom stereocenters. The highest BCUT2D eigenvalue weighted by atomic mass is 16.3. The normalized spacial score (nSPS) is 17.1. The van der Waals surface area contributed by atoms with Crippen LogP contribution in [0.1, 0.15) is 30.4 Å². The summed E-state index contributed by atoms with van der Waals surface area (Å²) in [5, 5.41) is 15.6. The largest absolute Gasteiger partial charge is 0.396 e. The van der Waals surface area contributed by atoms with Crippen molar-refractivity contribution >= 4 is 10.8 Å². The first-order chi connectivity index (χ1) is 9.71. The van der Waals surface area contributed by atoms with Gasteiger partial charge in [0, 0.05) is 25.1 Å². The number of aliphatic hydroxyl groups excluding tert-OH is 1. The van der Waals surface area contributed by atoms with E-state index in [0.717, 1.165) is 25.9 Å². The van der Waals surface area contributed by atoms with E-state index in [1.807, 2.05) is 0 Å². The van der Waals surface area contributed by atoms with Crippen molar-refractivity contribution in [3.8, 4) is 0 Å². The molecule has 0 radical (unpaired) electrons. The topological polar surface area (TPSA) is 32.3 Å². The second-order valence-electron chi connectivity index (χ2n) is 6.30. The van der Waals surface area contributed by atoms with Gasteiger partial charge in [-0.2, -0.15) is 0 Å². The van der Waals surface area contributed by atoms with Crippen LogP contribution in [0.4, 0.5) is 0 Å². The van der Waals surface area contributed by atoms with Gasteiger partial charge in [0.2, 0.25) is 0 Å². The number of hydrogen-bond acceptors (Lipinski definition) is 2. The molecule has 2 aromatic rings. The minimum atomic E-state index is 0.161. The van der Waals surface area contributed by atoms with Crippen molar-refractivity contribution < 1.29 is 5.11 Å². The van der Waals surface area contributed by atoms with Crippen molar-refractivity contribution in [2.75, 3.05) is 13.2 Å². The first-order valence-electron chi connectivity index (χ1n) is 7.52. The van der Waals surface area contributed by atoms with Crippen molar-refractivity contribution in [2.45, 2.75) is 32.7 Å². The van der Waals surface area contributed by atoms with E-state index in [0.29, 0.717) is 6.61 Å². The first-order valence-corrected chi connectivity index (χ1v) is 7.52. The van der Waals surface area contributed by atoms with Crippen LogP contribution in [0.15, 0.2) is 36.4 Å². The molecular weight excluding hydrogens is 246 g/mol. The summed E-state index contributed by atoms with van der Waals surface area (Å²) in [4.78, 5) is 0. The fourth-order valence-corrected chi connectivity index (χ4v) is 3.06. The minimum Gasteiger partial charge on any atom is -0.396 e. The second-order valence-corrected chi connectivity index (χ2v) is 6.30. The van der Waals surface area contributed by atoms with E-state index < -0.39 is 0 Å². The zero-order chi connectivity index (χ0) is 14.0. The van der Waals surface area contributed by atoms with E-state index in [2.05, 4.69) is 48.6 Å². The molecule has 0 heterocycles. The van der Waals surface area contributed by atoms with Crippen molar-refractivity contribution in [3.05, 3.63) is 47.5 Å². The van der Waals surface area contributed by atoms with Gasteiger partial charge in [-0.3, -0.25) is 0 Å². The van der Waals surface area contributed by atoms with Gasteiger partial charge in [-0.1, -0.05) is 42.3 Å². The Bertz CT molecular complexity index is 596. The number of nitrogens with one attached hydrogen (secondary N) is 1. The number of rotatable bonds is 5. The van der Waals surface area contributed by atoms with Crippen LogP contribution in [-0.2, 0) is 6.54 Å². The molecule has 0 aromatic heterocycles. The molecule has 1 fully saturated rings. The van der Waals surface area contributed by atoms with E-state index in [-0.39, 0.29) is 5.41 Å². The van der Waals surface area contributed by atoms with Gasteiger partial charge in [-0.25, -0.2) is 0 Å². The number of aliphatic hydroxyl groups is 1. The van der Waals surface area contributed by atoms with Crippen molar-refractivity contribution in [1.82, 2.24) is 5.32 Å². The van der Waals surface area contributed by atoms with Crippen LogP contribution in [0.2, 0.25) is 0 Å². The molecule has 0 amide bonds. The van der Waals surface area contributed by atoms with E-state index in [4.69, 9.17) is 0 Å². The van der Waals surface area contributed by atoms with Crippen molar-refractivity contribution in [2.24, 2.45) is 5.41 Å². The monoisotopic (exact) mass is 269 g/mol. The SMILES string of the molecule is Cc1ccc2cc(CNCC3(CO)CCC3)ccc2c1. The molecule has 0 atom stereocenters. The van der Waals surface area contributed by atoms with Crippen molar-refractivity contribution in [3.63, 3.8) is 0 Å². The minimum absolute atomic E-state index is 0.161. The van der Waals surface area contributed by atoms with Gasteiger partial charge >= 0.3 is 0 Å². The maximum atomic E-state index is 9.46. The van der Waals surface area contributed by atoms with E-state index >= 15 is 0 Å². The summed E-state index contributed by atoms with van der Waals surface area (Å²) in [7, 11) is 0. The molecule has 3 rings (SSSR count). The number of benzene rings is 2. The molecule has 0 aliphatic heterocycles. The van der Waals surface area contributed by atoms with Gasteiger partial charge in [0.15, 0.2) is 0 Å². The van der Waals surface area contributed by atoms with Gasteiger partial charge in [0.05, 0.1) is 0 Å². The predicted octanol–water partition coefficient (Wildman–Crippen LogP) is 3.40. The fourth-order valence-electron chi connectivity index (χ4n) is 3.06. The summed E-state index contributed by atoms with van der Waals surface area (Å²) in [6, 6.07) is 13.2. The lowest BCUT2D eigenvalue weighted by molar-refractivity contribution is 0.0445. The third-order valence-electron chi connectivity index (χ3n) is 4.64. The maximum Gasteiger partial charge on any atom is 0.0499 e. The Labute approximate surface area is 120 Å². The van der Waals surface area contributed by atoms with Gasteiger partial charge in [0.25, 0.3) is 0 Å². The molecule has 106 valence electrons. The average molecular weight is 269 g/mol. The van der Waals surface area contributed by atoms with Crippen molar-refractivity contribution in [1.29, 1.82) is 0 Å². The summed E-state index contributed by atoms with van der Waals surface area (Å²) in [5.74, 6) is 0. The van der Waals surface area contributed by atoms with Crippen LogP contribution in [-0.4, -0.2) is 18.3 Å². The quantitative estimate of drug-likeness (QED) is 0.872. The molecule has 20 heavy (non-hydrogen) atoms. The third-order valence-corrected chi connectivity index (χ3v) is 4.64. The summed E-state index contributed by atoms with van der Waals surface area (Å²) >= 11 is 0. The number of fused-ring (bicyclic) bond motifs is 1. The van der Waals surface area contributed by atoms with Crippen LogP contribution in [0, 0.1) is 12.3 Å². The molecule has 2 heteroatoms. The highest BCUT2D eigenvalue weighted by molar-refractivity contribution is 5.83. The fraction of sp³-hybridized carbons (Fsp3) is 0.444. The lowest BCUT2D eigenvalue weighted by Crippen LogP contribution is -2.42. The van der Waals surface area contributed by atoms with E-state index in [1.165, 1.54) is 28.3 Å². The highest BCUT2D eigenvalue weighted by Gasteiger charge is 2.35. The molecule has 2 N–H and O–H groups in total. The molecule has 0 spiro atoms. The van der Waals surface area contributed by atoms with Gasteiger partial charge in [-0.15, -0.1) is 0 Å². The Kier molecular flexibility index (Phi) is 3.77. The van der Waals surface area contributed by atoms with E-state index in [9.17, 15) is 5.11 Å². The smallest absolute Gasteiger partial charge is 0.0499 e. The Morgan fingerprint density at radius 2 is 1.85 bits per heavy atom. The lowest BCUT2D eigenvalue weighted by Gasteiger charge is -2.40. The summed E-state index contributed by atoms with van der Waals surface area (Å²) in [6.07, 6.45) is 3.58. The molecule has 1 aliphatic carbocycles. The average Bonchev–Trinajstić information content (AvgIpc) is 2.42. The molecule has 2 aromatic carbocycles. The number of hydrogen-bond donors (Lipinski definition) is 2. The zero-order valence-electron chi connectivity index (χ0n) is 12.2. The predicted molar refractivity (Wildman–Crippen MR) is 83.8 cm³/mol. The first kappa shape index (κ1) is 13.6. The lowest BCUT2D eigenvalue weighted by atomic mass is 9.69. The van der Waals surface area contributed by atoms with Crippen LogP contribution in [0.5, 0.6) is 0 Å². The third kappa shape index (κ3) is 2.72. The summed E-state index contributed by atoms with van der Waals surface area (Å²) in [6.45, 7) is 4.25. The van der Waals surface area contributed by atoms with E-state index in [1.54, 1.807) is 0 Å². The molecule has 0 saturated heterocycles. The Morgan fingerprint density at radius 1 is 1.10 bits per heavy atom. The maximum absolute atomic E-state index is 9.46. The van der Waals surface area contributed by atoms with Crippen LogP contribution < -0.4 is 5.32 Å². The summed E-state index contributed by atoms with van der Waals surface area (Å²) < 4.78 is 0. The van der Waals surface area contributed by atoms with Gasteiger partial charge < -0.3 is 10.4 Å². The molecule has 1 saturated carbocycles. The van der Waals surface area contributed by atoms with Crippen LogP contribution in [0.3, 0.4) is 0 Å². The Balaban J connectivity index is 1.64. The number of aryl methyl sites for hydroxylation is 1. The summed E-state index contributed by atoms with van der Waals surface area (Å²) in [5.41, 5.74) is 2.78.